The summed E-state index contributed by atoms with van der Waals surface area (Å²) in [7, 11) is 0. The van der Waals surface area contributed by atoms with Crippen LogP contribution in [-0.2, 0) is 6.42 Å². The molecular weight excluding hydrogens is 150 g/mol. The van der Waals surface area contributed by atoms with E-state index in [-0.39, 0.29) is 0 Å². The van der Waals surface area contributed by atoms with Crippen molar-refractivity contribution in [3.63, 3.8) is 0 Å². The zero-order valence-electron chi connectivity index (χ0n) is 7.54. The summed E-state index contributed by atoms with van der Waals surface area (Å²) >= 11 is 0. The van der Waals surface area contributed by atoms with E-state index in [4.69, 9.17) is 5.73 Å². The molecule has 0 bridgehead atoms. The fraction of sp³-hybridized carbons (Fsp3) is 0.400. The van der Waals surface area contributed by atoms with Crippen LogP contribution in [0.1, 0.15) is 19.4 Å². The van der Waals surface area contributed by atoms with E-state index in [1.165, 1.54) is 0 Å². The second-order valence-electron chi connectivity index (χ2n) is 3.69. The Morgan fingerprint density at radius 3 is 2.42 bits per heavy atom. The molecule has 2 heteroatoms. The number of anilines is 1. The molecule has 1 aromatic rings. The zero-order valence-corrected chi connectivity index (χ0v) is 7.54. The average Bonchev–Trinajstić information content (AvgIpc) is 1.91. The summed E-state index contributed by atoms with van der Waals surface area (Å²) in [5, 5.41) is 9.54. The number of hydrogen-bond acceptors (Lipinski definition) is 2. The van der Waals surface area contributed by atoms with E-state index in [0.717, 1.165) is 11.3 Å². The Balaban J connectivity index is 2.83. The topological polar surface area (TPSA) is 46.2 Å². The molecule has 0 heterocycles. The normalized spacial score (nSPS) is 11.6. The number of aliphatic hydroxyl groups is 1. The molecule has 0 saturated carbocycles. The van der Waals surface area contributed by atoms with Gasteiger partial charge in [0, 0.05) is 12.1 Å². The van der Waals surface area contributed by atoms with E-state index in [1.807, 2.05) is 24.3 Å². The summed E-state index contributed by atoms with van der Waals surface area (Å²) in [6.07, 6.45) is 0.597. The molecule has 0 fully saturated rings. The second kappa shape index (κ2) is 3.15. The van der Waals surface area contributed by atoms with Gasteiger partial charge < -0.3 is 10.8 Å². The van der Waals surface area contributed by atoms with Gasteiger partial charge in [-0.1, -0.05) is 18.2 Å². The van der Waals surface area contributed by atoms with Crippen LogP contribution >= 0.6 is 0 Å². The molecule has 0 atom stereocenters. The van der Waals surface area contributed by atoms with Gasteiger partial charge >= 0.3 is 0 Å². The van der Waals surface area contributed by atoms with Crippen LogP contribution in [0.3, 0.4) is 0 Å². The molecule has 0 unspecified atom stereocenters. The van der Waals surface area contributed by atoms with E-state index in [1.54, 1.807) is 13.8 Å². The van der Waals surface area contributed by atoms with Gasteiger partial charge in [0.2, 0.25) is 0 Å². The van der Waals surface area contributed by atoms with Crippen molar-refractivity contribution < 1.29 is 5.11 Å². The van der Waals surface area contributed by atoms with Gasteiger partial charge in [-0.3, -0.25) is 0 Å². The SMILES string of the molecule is CC(C)(O)Cc1ccccc1N. The largest absolute Gasteiger partial charge is 0.399 e. The predicted octanol–water partition coefficient (Wildman–Crippen LogP) is 1.58. The Bertz CT molecular complexity index is 263. The van der Waals surface area contributed by atoms with Gasteiger partial charge in [-0.05, 0) is 25.5 Å². The van der Waals surface area contributed by atoms with Crippen LogP contribution < -0.4 is 5.73 Å². The highest BCUT2D eigenvalue weighted by Crippen LogP contribution is 2.17. The van der Waals surface area contributed by atoms with Crippen molar-refractivity contribution in [1.82, 2.24) is 0 Å². The fourth-order valence-electron chi connectivity index (χ4n) is 1.16. The zero-order chi connectivity index (χ0) is 9.19. The first kappa shape index (κ1) is 9.07. The fourth-order valence-corrected chi connectivity index (χ4v) is 1.16. The van der Waals surface area contributed by atoms with Crippen LogP contribution in [-0.4, -0.2) is 10.7 Å². The summed E-state index contributed by atoms with van der Waals surface area (Å²) in [4.78, 5) is 0. The molecule has 0 spiro atoms. The molecule has 0 aliphatic carbocycles. The van der Waals surface area contributed by atoms with E-state index in [0.29, 0.717) is 6.42 Å². The Morgan fingerprint density at radius 2 is 1.92 bits per heavy atom. The lowest BCUT2D eigenvalue weighted by atomic mass is 9.98. The minimum atomic E-state index is -0.685. The van der Waals surface area contributed by atoms with Gasteiger partial charge in [0.1, 0.15) is 0 Å². The molecule has 12 heavy (non-hydrogen) atoms. The number of nitrogens with two attached hydrogens (primary N) is 1. The van der Waals surface area contributed by atoms with Crippen LogP contribution in [0.5, 0.6) is 0 Å². The quantitative estimate of drug-likeness (QED) is 0.653. The lowest BCUT2D eigenvalue weighted by molar-refractivity contribution is 0.0811. The molecule has 3 N–H and O–H groups in total. The van der Waals surface area contributed by atoms with E-state index >= 15 is 0 Å². The minimum absolute atomic E-state index is 0.597. The number of benzene rings is 1. The summed E-state index contributed by atoms with van der Waals surface area (Å²) < 4.78 is 0. The van der Waals surface area contributed by atoms with Gasteiger partial charge in [-0.2, -0.15) is 0 Å². The lowest BCUT2D eigenvalue weighted by Gasteiger charge is -2.17. The molecule has 0 aliphatic rings. The van der Waals surface area contributed by atoms with Crippen LogP contribution in [0.4, 0.5) is 5.69 Å². The van der Waals surface area contributed by atoms with Crippen LogP contribution in [0.15, 0.2) is 24.3 Å². The first-order valence-electron chi connectivity index (χ1n) is 4.05. The summed E-state index contributed by atoms with van der Waals surface area (Å²) in [5.74, 6) is 0. The van der Waals surface area contributed by atoms with E-state index in [2.05, 4.69) is 0 Å². The lowest BCUT2D eigenvalue weighted by Crippen LogP contribution is -2.22. The monoisotopic (exact) mass is 165 g/mol. The Labute approximate surface area is 73.0 Å². The first-order valence-corrected chi connectivity index (χ1v) is 4.05. The van der Waals surface area contributed by atoms with E-state index < -0.39 is 5.60 Å². The Morgan fingerprint density at radius 1 is 1.33 bits per heavy atom. The van der Waals surface area contributed by atoms with Crippen molar-refractivity contribution >= 4 is 5.69 Å². The highest BCUT2D eigenvalue weighted by Gasteiger charge is 2.14. The Kier molecular flexibility index (Phi) is 2.38. The van der Waals surface area contributed by atoms with Crippen molar-refractivity contribution in [3.8, 4) is 0 Å². The predicted molar refractivity (Wildman–Crippen MR) is 50.9 cm³/mol. The molecule has 0 aromatic heterocycles. The third-order valence-electron chi connectivity index (χ3n) is 1.68. The molecule has 1 aromatic carbocycles. The van der Waals surface area contributed by atoms with Crippen molar-refractivity contribution in [2.24, 2.45) is 0 Å². The maximum absolute atomic E-state index is 9.54. The summed E-state index contributed by atoms with van der Waals surface area (Å²) in [6.45, 7) is 3.55. The van der Waals surface area contributed by atoms with Crippen molar-refractivity contribution in [2.45, 2.75) is 25.9 Å². The number of rotatable bonds is 2. The molecule has 0 amide bonds. The second-order valence-corrected chi connectivity index (χ2v) is 3.69. The van der Waals surface area contributed by atoms with Crippen molar-refractivity contribution in [1.29, 1.82) is 0 Å². The van der Waals surface area contributed by atoms with Gasteiger partial charge in [0.15, 0.2) is 0 Å². The molecule has 66 valence electrons. The van der Waals surface area contributed by atoms with Crippen LogP contribution in [0.2, 0.25) is 0 Å². The molecular formula is C10H15NO. The summed E-state index contributed by atoms with van der Waals surface area (Å²) in [5.41, 5.74) is 6.79. The summed E-state index contributed by atoms with van der Waals surface area (Å²) in [6, 6.07) is 7.61. The Hall–Kier alpha value is -1.02. The van der Waals surface area contributed by atoms with Crippen molar-refractivity contribution in [2.75, 3.05) is 5.73 Å². The number of nitrogen functional groups attached to an aromatic ring is 1. The molecule has 0 aliphatic heterocycles. The van der Waals surface area contributed by atoms with Gasteiger partial charge in [0.25, 0.3) is 0 Å². The van der Waals surface area contributed by atoms with Gasteiger partial charge in [-0.25, -0.2) is 0 Å². The number of para-hydroxylation sites is 1. The van der Waals surface area contributed by atoms with Crippen LogP contribution in [0, 0.1) is 0 Å². The van der Waals surface area contributed by atoms with Crippen molar-refractivity contribution in [3.05, 3.63) is 29.8 Å². The minimum Gasteiger partial charge on any atom is -0.399 e. The first-order chi connectivity index (χ1) is 5.49. The number of hydrogen-bond donors (Lipinski definition) is 2. The third-order valence-corrected chi connectivity index (χ3v) is 1.68. The standard InChI is InChI=1S/C10H15NO/c1-10(2,12)7-8-5-3-4-6-9(8)11/h3-6,12H,7,11H2,1-2H3. The van der Waals surface area contributed by atoms with Gasteiger partial charge in [0.05, 0.1) is 5.60 Å². The molecule has 1 rings (SSSR count). The maximum atomic E-state index is 9.54. The highest BCUT2D eigenvalue weighted by atomic mass is 16.3. The smallest absolute Gasteiger partial charge is 0.0632 e. The van der Waals surface area contributed by atoms with Gasteiger partial charge in [-0.15, -0.1) is 0 Å². The van der Waals surface area contributed by atoms with E-state index in [9.17, 15) is 5.11 Å². The maximum Gasteiger partial charge on any atom is 0.0632 e. The third kappa shape index (κ3) is 2.55. The van der Waals surface area contributed by atoms with Crippen LogP contribution in [0.25, 0.3) is 0 Å². The molecule has 0 saturated heterocycles. The average molecular weight is 165 g/mol. The molecule has 0 radical (unpaired) electrons. The highest BCUT2D eigenvalue weighted by molar-refractivity contribution is 5.46. The molecule has 2 nitrogen and oxygen atoms in total.